The van der Waals surface area contributed by atoms with Gasteiger partial charge in [0.2, 0.25) is 11.8 Å². The van der Waals surface area contributed by atoms with Crippen molar-refractivity contribution in [2.45, 2.75) is 37.8 Å². The summed E-state index contributed by atoms with van der Waals surface area (Å²) in [6.45, 7) is 13.7. The molecule has 4 heterocycles. The summed E-state index contributed by atoms with van der Waals surface area (Å²) in [4.78, 5) is 24.6. The number of halogens is 6. The van der Waals surface area contributed by atoms with Gasteiger partial charge >= 0.3 is 12.7 Å². The lowest BCUT2D eigenvalue weighted by Crippen LogP contribution is -2.17. The van der Waals surface area contributed by atoms with Crippen LogP contribution in [-0.4, -0.2) is 34.5 Å². The number of ether oxygens (including phenoxy) is 4. The van der Waals surface area contributed by atoms with E-state index in [4.69, 9.17) is 32.3 Å². The molecule has 2 aromatic heterocycles. The van der Waals surface area contributed by atoms with Gasteiger partial charge in [0.25, 0.3) is 11.6 Å². The Morgan fingerprint density at radius 2 is 0.920 bits per heavy atom. The average Bonchev–Trinajstić information content (AvgIpc) is 3.75. The molecule has 6 rings (SSSR count). The van der Waals surface area contributed by atoms with Crippen LogP contribution in [0.1, 0.15) is 36.2 Å². The summed E-state index contributed by atoms with van der Waals surface area (Å²) in [5.74, 6) is 1.30. The molecule has 2 atom stereocenters. The molecule has 12 nitrogen and oxygen atoms in total. The molecule has 0 bridgehead atoms. The first kappa shape index (κ1) is 34.8. The van der Waals surface area contributed by atoms with Gasteiger partial charge in [0.05, 0.1) is 12.8 Å². The molecule has 256 valence electrons. The minimum absolute atomic E-state index is 0.246. The monoisotopic (exact) mass is 698 g/mol. The van der Waals surface area contributed by atoms with Gasteiger partial charge in [-0.2, -0.15) is 0 Å². The van der Waals surface area contributed by atoms with Crippen molar-refractivity contribution in [3.8, 4) is 23.0 Å². The molecule has 0 unspecified atom stereocenters. The molecule has 2 aliphatic heterocycles. The largest absolute Gasteiger partial charge is 0.573 e. The van der Waals surface area contributed by atoms with E-state index in [0.717, 1.165) is 0 Å². The summed E-state index contributed by atoms with van der Waals surface area (Å²) in [6.07, 6.45) is -6.98. The Hall–Kier alpha value is -6.56. The molecule has 0 fully saturated rings. The van der Waals surface area contributed by atoms with Crippen molar-refractivity contribution in [1.29, 1.82) is 0 Å². The van der Waals surface area contributed by atoms with E-state index in [-0.39, 0.29) is 23.1 Å². The zero-order valence-corrected chi connectivity index (χ0v) is 25.1. The Morgan fingerprint density at radius 1 is 0.560 bits per heavy atom. The highest BCUT2D eigenvalue weighted by molar-refractivity contribution is 5.80. The Balaban J connectivity index is 0.000000194. The van der Waals surface area contributed by atoms with Gasteiger partial charge in [-0.15, -0.1) is 36.3 Å². The first-order valence-electron chi connectivity index (χ1n) is 14.1. The predicted molar refractivity (Wildman–Crippen MR) is 160 cm³/mol. The first-order chi connectivity index (χ1) is 23.9. The second-order valence-electron chi connectivity index (χ2n) is 9.93. The van der Waals surface area contributed by atoms with Gasteiger partial charge in [-0.05, 0) is 59.7 Å². The van der Waals surface area contributed by atoms with Crippen LogP contribution in [0.5, 0.6) is 23.0 Å². The van der Waals surface area contributed by atoms with Gasteiger partial charge < -0.3 is 38.3 Å². The van der Waals surface area contributed by atoms with Crippen molar-refractivity contribution in [1.82, 2.24) is 9.97 Å². The van der Waals surface area contributed by atoms with E-state index >= 15 is 0 Å². The molecule has 0 aliphatic carbocycles. The third-order valence-electron chi connectivity index (χ3n) is 6.40. The molecule has 50 heavy (non-hydrogen) atoms. The van der Waals surface area contributed by atoms with Crippen molar-refractivity contribution >= 4 is 23.4 Å². The molecular formula is C32H20F6N6O6. The van der Waals surface area contributed by atoms with Crippen LogP contribution in [0.4, 0.5) is 38.0 Å². The van der Waals surface area contributed by atoms with E-state index in [1.807, 2.05) is 0 Å². The smallest absolute Gasteiger partial charge is 0.436 e. The van der Waals surface area contributed by atoms with Gasteiger partial charge in [0.15, 0.2) is 36.1 Å². The van der Waals surface area contributed by atoms with Crippen LogP contribution in [0.2, 0.25) is 0 Å². The minimum Gasteiger partial charge on any atom is -0.436 e. The summed E-state index contributed by atoms with van der Waals surface area (Å²) in [6, 6.07) is 16.9. The molecule has 0 amide bonds. The summed E-state index contributed by atoms with van der Waals surface area (Å²) >= 11 is 0. The molecule has 0 N–H and O–H groups in total. The van der Waals surface area contributed by atoms with Crippen LogP contribution in [0.15, 0.2) is 95.5 Å². The summed E-state index contributed by atoms with van der Waals surface area (Å²) < 4.78 is 91.5. The maximum Gasteiger partial charge on any atom is 0.573 e. The summed E-state index contributed by atoms with van der Waals surface area (Å²) in [7, 11) is 0. The predicted octanol–water partition coefficient (Wildman–Crippen LogP) is 8.77. The van der Waals surface area contributed by atoms with E-state index in [9.17, 15) is 26.3 Å². The van der Waals surface area contributed by atoms with Crippen LogP contribution in [0, 0.1) is 13.1 Å². The summed E-state index contributed by atoms with van der Waals surface area (Å²) in [5, 5.41) is 7.62. The SMILES string of the molecule is [C-]#[N+]c1ccc(OC2=NO[C@@H](c3ccc(OC(F)(F)F)cc3)C2)cn1.[C-]#[N+]c1ccc(OC2=NO[C@H](c3ccc(OC(F)(F)F)cc3)C2)cn1. The van der Waals surface area contributed by atoms with Crippen LogP contribution in [0.3, 0.4) is 0 Å². The standard InChI is InChI=1S/2C16H10F3N3O3/c2*1-20-14-7-6-12(9-21-14)23-15-8-13(25-22-15)10-2-4-11(5-3-10)24-16(17,18)19/h2*2-7,9,13H,8H2/t2*13-/m10/s1. The van der Waals surface area contributed by atoms with Gasteiger partial charge in [0.1, 0.15) is 11.5 Å². The van der Waals surface area contributed by atoms with Crippen LogP contribution < -0.4 is 18.9 Å². The molecule has 0 saturated carbocycles. The van der Waals surface area contributed by atoms with Crippen molar-refractivity contribution in [2.75, 3.05) is 0 Å². The van der Waals surface area contributed by atoms with Crippen molar-refractivity contribution in [3.05, 3.63) is 119 Å². The molecule has 2 aliphatic rings. The summed E-state index contributed by atoms with van der Waals surface area (Å²) in [5.41, 5.74) is 1.27. The Bertz CT molecular complexity index is 1760. The highest BCUT2D eigenvalue weighted by Gasteiger charge is 2.32. The molecule has 2 aromatic carbocycles. The number of benzene rings is 2. The van der Waals surface area contributed by atoms with E-state index in [0.29, 0.717) is 47.3 Å². The van der Waals surface area contributed by atoms with Crippen molar-refractivity contribution < 1.29 is 55.0 Å². The maximum absolute atomic E-state index is 12.1. The van der Waals surface area contributed by atoms with E-state index in [1.54, 1.807) is 12.1 Å². The number of hydrogen-bond donors (Lipinski definition) is 0. The number of rotatable bonds is 6. The highest BCUT2D eigenvalue weighted by Crippen LogP contribution is 2.32. The number of aromatic nitrogens is 2. The van der Waals surface area contributed by atoms with E-state index in [1.165, 1.54) is 73.1 Å². The third kappa shape index (κ3) is 10.2. The normalized spacial score (nSPS) is 16.6. The molecule has 0 saturated heterocycles. The van der Waals surface area contributed by atoms with E-state index < -0.39 is 24.9 Å². The Morgan fingerprint density at radius 3 is 1.22 bits per heavy atom. The zero-order valence-electron chi connectivity index (χ0n) is 25.1. The minimum atomic E-state index is -4.73. The highest BCUT2D eigenvalue weighted by atomic mass is 19.4. The van der Waals surface area contributed by atoms with Crippen LogP contribution >= 0.6 is 0 Å². The molecule has 4 aromatic rings. The van der Waals surface area contributed by atoms with Crippen molar-refractivity contribution in [3.63, 3.8) is 0 Å². The lowest BCUT2D eigenvalue weighted by molar-refractivity contribution is -0.275. The fraction of sp³-hybridized carbons (Fsp3) is 0.188. The molecular weight excluding hydrogens is 678 g/mol. The molecule has 0 radical (unpaired) electrons. The lowest BCUT2D eigenvalue weighted by atomic mass is 10.1. The first-order valence-corrected chi connectivity index (χ1v) is 14.1. The van der Waals surface area contributed by atoms with Gasteiger partial charge in [-0.1, -0.05) is 47.7 Å². The zero-order chi connectivity index (χ0) is 35.7. The van der Waals surface area contributed by atoms with E-state index in [2.05, 4.69) is 39.4 Å². The number of oxime groups is 2. The number of hydrogen-bond acceptors (Lipinski definition) is 10. The fourth-order valence-electron chi connectivity index (χ4n) is 4.23. The van der Waals surface area contributed by atoms with Crippen LogP contribution in [-0.2, 0) is 9.68 Å². The van der Waals surface area contributed by atoms with Crippen LogP contribution in [0.25, 0.3) is 9.69 Å². The van der Waals surface area contributed by atoms with Gasteiger partial charge in [0, 0.05) is 0 Å². The topological polar surface area (TPSA) is 115 Å². The fourth-order valence-corrected chi connectivity index (χ4v) is 4.23. The Labute approximate surface area is 278 Å². The van der Waals surface area contributed by atoms with Gasteiger partial charge in [-0.25, -0.2) is 0 Å². The quantitative estimate of drug-likeness (QED) is 0.145. The molecule has 18 heteroatoms. The molecule has 0 spiro atoms. The maximum atomic E-state index is 12.1. The lowest BCUT2D eigenvalue weighted by Gasteiger charge is -2.11. The Kier molecular flexibility index (Phi) is 10.5. The number of pyridine rings is 2. The van der Waals surface area contributed by atoms with Crippen molar-refractivity contribution in [2.24, 2.45) is 10.3 Å². The average molecular weight is 699 g/mol. The number of alkyl halides is 6. The second-order valence-corrected chi connectivity index (χ2v) is 9.93. The third-order valence-corrected chi connectivity index (χ3v) is 6.40. The number of nitrogens with zero attached hydrogens (tertiary/aromatic N) is 6. The second kappa shape index (κ2) is 15.1. The van der Waals surface area contributed by atoms with Gasteiger partial charge in [-0.3, -0.25) is 0 Å².